The summed E-state index contributed by atoms with van der Waals surface area (Å²) >= 11 is 0. The average Bonchev–Trinajstić information content (AvgIpc) is 2.46. The Labute approximate surface area is 95.8 Å². The monoisotopic (exact) mass is 208 g/mol. The molecular formula is C15H28. The molecule has 88 valence electrons. The Balaban J connectivity index is 1.90. The molecule has 0 N–H and O–H groups in total. The first-order valence-corrected chi connectivity index (χ1v) is 7.27. The molecule has 0 radical (unpaired) electrons. The molecule has 2 fully saturated rings. The molecule has 15 heavy (non-hydrogen) atoms. The van der Waals surface area contributed by atoms with E-state index in [1.165, 1.54) is 44.9 Å². The van der Waals surface area contributed by atoms with Gasteiger partial charge in [-0.1, -0.05) is 58.8 Å². The summed E-state index contributed by atoms with van der Waals surface area (Å²) in [5.41, 5.74) is 0. The lowest BCUT2D eigenvalue weighted by Gasteiger charge is -2.37. The molecule has 0 spiro atoms. The van der Waals surface area contributed by atoms with Gasteiger partial charge in [-0.05, 0) is 36.5 Å². The third-order valence-electron chi connectivity index (χ3n) is 5.00. The zero-order chi connectivity index (χ0) is 10.7. The standard InChI is InChI=1S/C15H28/c1-12-9-10-15(13(2)11-12)14-7-5-3-4-6-8-14/h12-15H,3-11H2,1-2H3. The molecule has 0 aromatic rings. The molecule has 3 atom stereocenters. The summed E-state index contributed by atoms with van der Waals surface area (Å²) in [6.07, 6.45) is 13.7. The zero-order valence-corrected chi connectivity index (χ0v) is 10.7. The summed E-state index contributed by atoms with van der Waals surface area (Å²) in [7, 11) is 0. The fourth-order valence-corrected chi connectivity index (χ4v) is 4.13. The summed E-state index contributed by atoms with van der Waals surface area (Å²) < 4.78 is 0. The molecule has 0 bridgehead atoms. The van der Waals surface area contributed by atoms with Crippen LogP contribution in [0.3, 0.4) is 0 Å². The van der Waals surface area contributed by atoms with E-state index in [9.17, 15) is 0 Å². The van der Waals surface area contributed by atoms with Gasteiger partial charge in [-0.25, -0.2) is 0 Å². The average molecular weight is 208 g/mol. The second-order valence-corrected chi connectivity index (χ2v) is 6.31. The molecule has 2 aliphatic rings. The molecule has 0 saturated heterocycles. The molecule has 0 nitrogen and oxygen atoms in total. The quantitative estimate of drug-likeness (QED) is 0.530. The van der Waals surface area contributed by atoms with Crippen LogP contribution in [0.5, 0.6) is 0 Å². The van der Waals surface area contributed by atoms with Crippen LogP contribution in [-0.4, -0.2) is 0 Å². The van der Waals surface area contributed by atoms with Crippen molar-refractivity contribution >= 4 is 0 Å². The van der Waals surface area contributed by atoms with Crippen molar-refractivity contribution in [2.24, 2.45) is 23.7 Å². The highest BCUT2D eigenvalue weighted by molar-refractivity contribution is 4.82. The first kappa shape index (κ1) is 11.5. The summed E-state index contributed by atoms with van der Waals surface area (Å²) in [6, 6.07) is 0. The van der Waals surface area contributed by atoms with Gasteiger partial charge in [-0.15, -0.1) is 0 Å². The van der Waals surface area contributed by atoms with Crippen LogP contribution in [0.4, 0.5) is 0 Å². The van der Waals surface area contributed by atoms with Crippen molar-refractivity contribution in [3.05, 3.63) is 0 Å². The lowest BCUT2D eigenvalue weighted by Crippen LogP contribution is -2.27. The minimum atomic E-state index is 1.00. The highest BCUT2D eigenvalue weighted by atomic mass is 14.4. The molecule has 2 rings (SSSR count). The lowest BCUT2D eigenvalue weighted by molar-refractivity contribution is 0.130. The maximum atomic E-state index is 2.52. The molecule has 2 saturated carbocycles. The van der Waals surface area contributed by atoms with Crippen molar-refractivity contribution in [1.29, 1.82) is 0 Å². The third kappa shape index (κ3) is 2.98. The largest absolute Gasteiger partial charge is 0.0625 e. The van der Waals surface area contributed by atoms with E-state index in [2.05, 4.69) is 13.8 Å². The van der Waals surface area contributed by atoms with Crippen LogP contribution in [0.25, 0.3) is 0 Å². The van der Waals surface area contributed by atoms with Crippen molar-refractivity contribution in [1.82, 2.24) is 0 Å². The molecular weight excluding hydrogens is 180 g/mol. The van der Waals surface area contributed by atoms with Crippen molar-refractivity contribution in [2.75, 3.05) is 0 Å². The Hall–Kier alpha value is 0. The van der Waals surface area contributed by atoms with Gasteiger partial charge in [0.2, 0.25) is 0 Å². The highest BCUT2D eigenvalue weighted by Crippen LogP contribution is 2.42. The number of hydrogen-bond donors (Lipinski definition) is 0. The van der Waals surface area contributed by atoms with E-state index in [4.69, 9.17) is 0 Å². The lowest BCUT2D eigenvalue weighted by atomic mass is 9.68. The Morgan fingerprint density at radius 2 is 1.40 bits per heavy atom. The van der Waals surface area contributed by atoms with Crippen LogP contribution >= 0.6 is 0 Å². The maximum absolute atomic E-state index is 2.52. The number of hydrogen-bond acceptors (Lipinski definition) is 0. The van der Waals surface area contributed by atoms with Crippen molar-refractivity contribution in [3.8, 4) is 0 Å². The summed E-state index contributed by atoms with van der Waals surface area (Å²) in [5, 5.41) is 0. The van der Waals surface area contributed by atoms with E-state index in [-0.39, 0.29) is 0 Å². The Morgan fingerprint density at radius 1 is 0.733 bits per heavy atom. The topological polar surface area (TPSA) is 0 Å². The van der Waals surface area contributed by atoms with E-state index in [1.807, 2.05) is 0 Å². The van der Waals surface area contributed by atoms with Gasteiger partial charge in [0, 0.05) is 0 Å². The first-order chi connectivity index (χ1) is 7.27. The van der Waals surface area contributed by atoms with Gasteiger partial charge in [0.05, 0.1) is 0 Å². The molecule has 0 aromatic heterocycles. The smallest absolute Gasteiger partial charge is 0.0360 e. The van der Waals surface area contributed by atoms with Crippen LogP contribution < -0.4 is 0 Å². The van der Waals surface area contributed by atoms with Crippen LogP contribution in [-0.2, 0) is 0 Å². The number of rotatable bonds is 1. The van der Waals surface area contributed by atoms with Crippen molar-refractivity contribution in [3.63, 3.8) is 0 Å². The molecule has 0 heterocycles. The van der Waals surface area contributed by atoms with E-state index >= 15 is 0 Å². The van der Waals surface area contributed by atoms with Crippen molar-refractivity contribution < 1.29 is 0 Å². The predicted molar refractivity (Wildman–Crippen MR) is 66.9 cm³/mol. The van der Waals surface area contributed by atoms with Crippen molar-refractivity contribution in [2.45, 2.75) is 71.6 Å². The fourth-order valence-electron chi connectivity index (χ4n) is 4.13. The second-order valence-electron chi connectivity index (χ2n) is 6.31. The Kier molecular flexibility index (Phi) is 4.11. The Bertz CT molecular complexity index is 176. The first-order valence-electron chi connectivity index (χ1n) is 7.27. The van der Waals surface area contributed by atoms with Gasteiger partial charge < -0.3 is 0 Å². The zero-order valence-electron chi connectivity index (χ0n) is 10.7. The summed E-state index contributed by atoms with van der Waals surface area (Å²) in [6.45, 7) is 4.96. The predicted octanol–water partition coefficient (Wildman–Crippen LogP) is 5.03. The van der Waals surface area contributed by atoms with E-state index in [0.29, 0.717) is 0 Å². The maximum Gasteiger partial charge on any atom is -0.0360 e. The minimum absolute atomic E-state index is 1.00. The van der Waals surface area contributed by atoms with Crippen LogP contribution in [0.2, 0.25) is 0 Å². The second kappa shape index (κ2) is 5.37. The molecule has 3 unspecified atom stereocenters. The summed E-state index contributed by atoms with van der Waals surface area (Å²) in [5.74, 6) is 4.19. The van der Waals surface area contributed by atoms with Gasteiger partial charge in [0.15, 0.2) is 0 Å². The van der Waals surface area contributed by atoms with E-state index < -0.39 is 0 Å². The molecule has 2 aliphatic carbocycles. The molecule has 0 amide bonds. The van der Waals surface area contributed by atoms with Gasteiger partial charge >= 0.3 is 0 Å². The van der Waals surface area contributed by atoms with Crippen LogP contribution in [0.1, 0.15) is 71.6 Å². The molecule has 0 heteroatoms. The van der Waals surface area contributed by atoms with Gasteiger partial charge in [-0.3, -0.25) is 0 Å². The normalized spacial score (nSPS) is 40.0. The Morgan fingerprint density at radius 3 is 2.00 bits per heavy atom. The molecule has 0 aliphatic heterocycles. The molecule has 0 aromatic carbocycles. The SMILES string of the molecule is CC1CCC(C2CCCCCC2)C(C)C1. The summed E-state index contributed by atoms with van der Waals surface area (Å²) in [4.78, 5) is 0. The minimum Gasteiger partial charge on any atom is -0.0625 e. The van der Waals surface area contributed by atoms with Gasteiger partial charge in [0.25, 0.3) is 0 Å². The third-order valence-corrected chi connectivity index (χ3v) is 5.00. The van der Waals surface area contributed by atoms with E-state index in [0.717, 1.165) is 23.7 Å². The fraction of sp³-hybridized carbons (Fsp3) is 1.00. The van der Waals surface area contributed by atoms with Gasteiger partial charge in [-0.2, -0.15) is 0 Å². The van der Waals surface area contributed by atoms with Gasteiger partial charge in [0.1, 0.15) is 0 Å². The van der Waals surface area contributed by atoms with Crippen LogP contribution in [0, 0.1) is 23.7 Å². The highest BCUT2D eigenvalue weighted by Gasteiger charge is 2.31. The van der Waals surface area contributed by atoms with Crippen LogP contribution in [0.15, 0.2) is 0 Å². The van der Waals surface area contributed by atoms with E-state index in [1.54, 1.807) is 12.8 Å².